The second kappa shape index (κ2) is 8.21. The standard InChI is InChI=1S/C17H15ClN2O4/c18-14-10-9-13(11-15(14)20(23)24)19-17(22)8-4-7-16(21)12-5-2-1-3-6-12/h1-3,5-6,9-11H,4,7-8H2,(H,19,22). The zero-order valence-electron chi connectivity index (χ0n) is 12.7. The van der Waals surface area contributed by atoms with Crippen LogP contribution in [0.2, 0.25) is 5.02 Å². The molecule has 7 heteroatoms. The Hall–Kier alpha value is -2.73. The van der Waals surface area contributed by atoms with Crippen molar-refractivity contribution < 1.29 is 14.5 Å². The molecule has 1 N–H and O–H groups in total. The minimum atomic E-state index is -0.615. The third kappa shape index (κ3) is 4.89. The van der Waals surface area contributed by atoms with Crippen LogP contribution in [0.3, 0.4) is 0 Å². The molecule has 2 rings (SSSR count). The maximum Gasteiger partial charge on any atom is 0.289 e. The fraction of sp³-hybridized carbons (Fsp3) is 0.176. The van der Waals surface area contributed by atoms with Crippen molar-refractivity contribution >= 4 is 34.7 Å². The van der Waals surface area contributed by atoms with Gasteiger partial charge in [0.05, 0.1) is 4.92 Å². The van der Waals surface area contributed by atoms with E-state index in [0.29, 0.717) is 17.7 Å². The average molecular weight is 347 g/mol. The third-order valence-electron chi connectivity index (χ3n) is 3.33. The number of ketones is 1. The molecule has 124 valence electrons. The Morgan fingerprint density at radius 1 is 1.08 bits per heavy atom. The predicted octanol–water partition coefficient (Wildman–Crippen LogP) is 4.24. The number of nitrogens with zero attached hydrogens (tertiary/aromatic N) is 1. The fourth-order valence-electron chi connectivity index (χ4n) is 2.13. The Kier molecular flexibility index (Phi) is 6.03. The molecule has 0 aliphatic rings. The Bertz CT molecular complexity index is 762. The molecule has 2 aromatic carbocycles. The number of carbonyl (C=O) groups excluding carboxylic acids is 2. The van der Waals surface area contributed by atoms with E-state index in [2.05, 4.69) is 5.32 Å². The van der Waals surface area contributed by atoms with Gasteiger partial charge in [0, 0.05) is 30.2 Å². The number of rotatable bonds is 7. The Morgan fingerprint density at radius 2 is 1.79 bits per heavy atom. The van der Waals surface area contributed by atoms with Crippen LogP contribution < -0.4 is 5.32 Å². The number of nitrogens with one attached hydrogen (secondary N) is 1. The van der Waals surface area contributed by atoms with Crippen molar-refractivity contribution in [2.75, 3.05) is 5.32 Å². The highest BCUT2D eigenvalue weighted by Crippen LogP contribution is 2.27. The molecule has 0 saturated carbocycles. The number of nitro groups is 1. The van der Waals surface area contributed by atoms with E-state index in [1.54, 1.807) is 24.3 Å². The lowest BCUT2D eigenvalue weighted by Gasteiger charge is -2.06. The molecule has 6 nitrogen and oxygen atoms in total. The van der Waals surface area contributed by atoms with Crippen molar-refractivity contribution in [1.29, 1.82) is 0 Å². The van der Waals surface area contributed by atoms with E-state index in [1.165, 1.54) is 18.2 Å². The summed E-state index contributed by atoms with van der Waals surface area (Å²) < 4.78 is 0. The van der Waals surface area contributed by atoms with Crippen molar-refractivity contribution in [3.05, 3.63) is 69.2 Å². The molecule has 0 heterocycles. The molecule has 0 fully saturated rings. The molecule has 1 amide bonds. The van der Waals surface area contributed by atoms with Gasteiger partial charge in [0.15, 0.2) is 5.78 Å². The Balaban J connectivity index is 1.85. The van der Waals surface area contributed by atoms with Crippen LogP contribution in [0, 0.1) is 10.1 Å². The highest BCUT2D eigenvalue weighted by atomic mass is 35.5. The van der Waals surface area contributed by atoms with Crippen molar-refractivity contribution in [3.8, 4) is 0 Å². The van der Waals surface area contributed by atoms with E-state index >= 15 is 0 Å². The largest absolute Gasteiger partial charge is 0.326 e. The summed E-state index contributed by atoms with van der Waals surface area (Å²) in [5.74, 6) is -0.335. The SMILES string of the molecule is O=C(CCCC(=O)c1ccccc1)Nc1ccc(Cl)c([N+](=O)[O-])c1. The number of Topliss-reactive ketones (excluding diaryl/α,β-unsaturated/α-hetero) is 1. The first-order chi connectivity index (χ1) is 11.5. The highest BCUT2D eigenvalue weighted by molar-refractivity contribution is 6.32. The predicted molar refractivity (Wildman–Crippen MR) is 91.4 cm³/mol. The quantitative estimate of drug-likeness (QED) is 0.461. The first-order valence-corrected chi connectivity index (χ1v) is 7.67. The molecule has 0 atom stereocenters. The summed E-state index contributed by atoms with van der Waals surface area (Å²) in [4.78, 5) is 34.0. The number of nitro benzene ring substituents is 1. The van der Waals surface area contributed by atoms with Crippen molar-refractivity contribution in [2.24, 2.45) is 0 Å². The number of hydrogen-bond acceptors (Lipinski definition) is 4. The van der Waals surface area contributed by atoms with Crippen LogP contribution in [0.15, 0.2) is 48.5 Å². The monoisotopic (exact) mass is 346 g/mol. The molecule has 0 radical (unpaired) electrons. The zero-order chi connectivity index (χ0) is 17.5. The number of hydrogen-bond donors (Lipinski definition) is 1. The fourth-order valence-corrected chi connectivity index (χ4v) is 2.32. The van der Waals surface area contributed by atoms with E-state index in [9.17, 15) is 19.7 Å². The maximum absolute atomic E-state index is 11.9. The molecular weight excluding hydrogens is 332 g/mol. The maximum atomic E-state index is 11.9. The number of carbonyl (C=O) groups is 2. The van der Waals surface area contributed by atoms with Crippen LogP contribution in [-0.2, 0) is 4.79 Å². The average Bonchev–Trinajstić information content (AvgIpc) is 2.57. The minimum Gasteiger partial charge on any atom is -0.326 e. The lowest BCUT2D eigenvalue weighted by molar-refractivity contribution is -0.384. The molecule has 0 saturated heterocycles. The van der Waals surface area contributed by atoms with Gasteiger partial charge in [0.25, 0.3) is 5.69 Å². The smallest absolute Gasteiger partial charge is 0.289 e. The molecule has 0 aromatic heterocycles. The van der Waals surface area contributed by atoms with Crippen molar-refractivity contribution in [2.45, 2.75) is 19.3 Å². The Morgan fingerprint density at radius 3 is 2.46 bits per heavy atom. The lowest BCUT2D eigenvalue weighted by atomic mass is 10.1. The van der Waals surface area contributed by atoms with Crippen LogP contribution in [-0.4, -0.2) is 16.6 Å². The van der Waals surface area contributed by atoms with Gasteiger partial charge >= 0.3 is 0 Å². The van der Waals surface area contributed by atoms with Crippen molar-refractivity contribution in [3.63, 3.8) is 0 Å². The van der Waals surface area contributed by atoms with Gasteiger partial charge in [-0.15, -0.1) is 0 Å². The van der Waals surface area contributed by atoms with E-state index in [-0.39, 0.29) is 35.2 Å². The highest BCUT2D eigenvalue weighted by Gasteiger charge is 2.14. The summed E-state index contributed by atoms with van der Waals surface area (Å²) >= 11 is 5.71. The molecular formula is C17H15ClN2O4. The second-order valence-corrected chi connectivity index (χ2v) is 5.52. The minimum absolute atomic E-state index is 0.00598. The molecule has 2 aromatic rings. The first kappa shape index (κ1) is 17.6. The Labute approximate surface area is 143 Å². The van der Waals surface area contributed by atoms with Crippen LogP contribution >= 0.6 is 11.6 Å². The molecule has 0 bridgehead atoms. The molecule has 0 spiro atoms. The number of halogens is 1. The van der Waals surface area contributed by atoms with Crippen molar-refractivity contribution in [1.82, 2.24) is 0 Å². The van der Waals surface area contributed by atoms with Gasteiger partial charge in [-0.05, 0) is 18.6 Å². The molecule has 0 aliphatic carbocycles. The summed E-state index contributed by atoms with van der Waals surface area (Å²) in [7, 11) is 0. The van der Waals surface area contributed by atoms with Crippen LogP contribution in [0.4, 0.5) is 11.4 Å². The van der Waals surface area contributed by atoms with Gasteiger partial charge in [-0.25, -0.2) is 0 Å². The normalized spacial score (nSPS) is 10.2. The molecule has 24 heavy (non-hydrogen) atoms. The third-order valence-corrected chi connectivity index (χ3v) is 3.65. The second-order valence-electron chi connectivity index (χ2n) is 5.11. The summed E-state index contributed by atoms with van der Waals surface area (Å²) in [6, 6.07) is 12.9. The van der Waals surface area contributed by atoms with Gasteiger partial charge in [-0.3, -0.25) is 19.7 Å². The molecule has 0 aliphatic heterocycles. The summed E-state index contributed by atoms with van der Waals surface area (Å²) in [6.07, 6.45) is 0.808. The van der Waals surface area contributed by atoms with Gasteiger partial charge in [-0.2, -0.15) is 0 Å². The topological polar surface area (TPSA) is 89.3 Å². The van der Waals surface area contributed by atoms with Crippen LogP contribution in [0.1, 0.15) is 29.6 Å². The van der Waals surface area contributed by atoms with E-state index in [4.69, 9.17) is 11.6 Å². The zero-order valence-corrected chi connectivity index (χ0v) is 13.5. The van der Waals surface area contributed by atoms with Gasteiger partial charge in [0.2, 0.25) is 5.91 Å². The van der Waals surface area contributed by atoms with Gasteiger partial charge in [0.1, 0.15) is 5.02 Å². The number of amides is 1. The van der Waals surface area contributed by atoms with Gasteiger partial charge < -0.3 is 5.32 Å². The number of anilines is 1. The summed E-state index contributed by atoms with van der Waals surface area (Å²) in [5, 5.41) is 13.4. The molecule has 0 unspecified atom stereocenters. The number of benzene rings is 2. The van der Waals surface area contributed by atoms with Gasteiger partial charge in [-0.1, -0.05) is 41.9 Å². The first-order valence-electron chi connectivity index (χ1n) is 7.29. The van der Waals surface area contributed by atoms with E-state index in [1.807, 2.05) is 6.07 Å². The van der Waals surface area contributed by atoms with Crippen LogP contribution in [0.25, 0.3) is 0 Å². The summed E-state index contributed by atoms with van der Waals surface area (Å²) in [6.45, 7) is 0. The lowest BCUT2D eigenvalue weighted by Crippen LogP contribution is -2.12. The van der Waals surface area contributed by atoms with Crippen LogP contribution in [0.5, 0.6) is 0 Å². The van der Waals surface area contributed by atoms with E-state index < -0.39 is 4.92 Å². The van der Waals surface area contributed by atoms with E-state index in [0.717, 1.165) is 0 Å². The summed E-state index contributed by atoms with van der Waals surface area (Å²) in [5.41, 5.74) is 0.644.